The molecule has 0 spiro atoms. The van der Waals surface area contributed by atoms with E-state index in [0.717, 1.165) is 19.3 Å². The van der Waals surface area contributed by atoms with Crippen LogP contribution in [0.4, 0.5) is 0 Å². The van der Waals surface area contributed by atoms with Crippen molar-refractivity contribution in [1.29, 1.82) is 0 Å². The van der Waals surface area contributed by atoms with Gasteiger partial charge in [-0.1, -0.05) is 41.0 Å². The van der Waals surface area contributed by atoms with E-state index in [-0.39, 0.29) is 54.6 Å². The Balaban J connectivity index is 3.03. The number of rotatable bonds is 16. The second-order valence-corrected chi connectivity index (χ2v) is 10.8. The highest BCUT2D eigenvalue weighted by molar-refractivity contribution is 5.87. The molecule has 0 radical (unpaired) electrons. The summed E-state index contributed by atoms with van der Waals surface area (Å²) in [6, 6.07) is -1.04. The van der Waals surface area contributed by atoms with Gasteiger partial charge in [-0.25, -0.2) is 0 Å². The number of hydrogen-bond acceptors (Lipinski definition) is 7. The minimum atomic E-state index is -0.557. The first-order valence-electron chi connectivity index (χ1n) is 13.7. The largest absolute Gasteiger partial charge is 0.379 e. The highest BCUT2D eigenvalue weighted by atomic mass is 16.5. The SMILES string of the molecule is CCC(C)C(C(CC(=O)N1CCC[C@H]1C(OC)[C@@H](C)C(N)=O)OC)N(C)C(=O)CNC(=O)C(NC)C(C)C. The lowest BCUT2D eigenvalue weighted by molar-refractivity contribution is -0.145. The van der Waals surface area contributed by atoms with Crippen LogP contribution in [0, 0.1) is 17.8 Å². The Morgan fingerprint density at radius 2 is 1.74 bits per heavy atom. The van der Waals surface area contributed by atoms with E-state index in [1.807, 2.05) is 27.7 Å². The van der Waals surface area contributed by atoms with Gasteiger partial charge < -0.3 is 35.6 Å². The number of nitrogens with zero attached hydrogens (tertiary/aromatic N) is 2. The van der Waals surface area contributed by atoms with Gasteiger partial charge >= 0.3 is 0 Å². The van der Waals surface area contributed by atoms with E-state index in [0.29, 0.717) is 6.54 Å². The Morgan fingerprint density at radius 1 is 1.11 bits per heavy atom. The summed E-state index contributed by atoms with van der Waals surface area (Å²) in [4.78, 5) is 54.4. The minimum Gasteiger partial charge on any atom is -0.379 e. The molecule has 0 aromatic rings. The van der Waals surface area contributed by atoms with Crippen molar-refractivity contribution in [3.05, 3.63) is 0 Å². The van der Waals surface area contributed by atoms with Crippen molar-refractivity contribution >= 4 is 23.6 Å². The predicted molar refractivity (Wildman–Crippen MR) is 146 cm³/mol. The van der Waals surface area contributed by atoms with E-state index in [1.54, 1.807) is 37.9 Å². The fraction of sp³-hybridized carbons (Fsp3) is 0.852. The Morgan fingerprint density at radius 3 is 2.21 bits per heavy atom. The third-order valence-corrected chi connectivity index (χ3v) is 8.01. The van der Waals surface area contributed by atoms with Crippen LogP contribution >= 0.6 is 0 Å². The molecule has 1 fully saturated rings. The van der Waals surface area contributed by atoms with Gasteiger partial charge in [0.2, 0.25) is 23.6 Å². The normalized spacial score (nSPS) is 20.4. The van der Waals surface area contributed by atoms with Gasteiger partial charge in [0.1, 0.15) is 0 Å². The number of nitrogens with two attached hydrogens (primary N) is 1. The highest BCUT2D eigenvalue weighted by Crippen LogP contribution is 2.29. The topological polar surface area (TPSA) is 143 Å². The Hall–Kier alpha value is -2.24. The molecule has 0 saturated carbocycles. The Bertz CT molecular complexity index is 794. The molecule has 1 aliphatic heterocycles. The number of likely N-dealkylation sites (tertiary alicyclic amines) is 1. The number of likely N-dealkylation sites (N-methyl/N-ethyl adjacent to an activating group) is 2. The Kier molecular flexibility index (Phi) is 14.2. The van der Waals surface area contributed by atoms with Crippen molar-refractivity contribution in [3.63, 3.8) is 0 Å². The van der Waals surface area contributed by atoms with Crippen LogP contribution in [0.15, 0.2) is 0 Å². The zero-order valence-electron chi connectivity index (χ0n) is 24.8. The second-order valence-electron chi connectivity index (χ2n) is 10.8. The van der Waals surface area contributed by atoms with E-state index in [9.17, 15) is 19.2 Å². The molecule has 1 aliphatic rings. The number of hydrogen-bond donors (Lipinski definition) is 3. The van der Waals surface area contributed by atoms with Gasteiger partial charge in [0.15, 0.2) is 0 Å². The summed E-state index contributed by atoms with van der Waals surface area (Å²) in [7, 11) is 6.48. The number of ether oxygens (including phenoxy) is 2. The molecule has 0 aliphatic carbocycles. The fourth-order valence-corrected chi connectivity index (χ4v) is 5.50. The molecule has 38 heavy (non-hydrogen) atoms. The number of primary amides is 1. The monoisotopic (exact) mass is 541 g/mol. The van der Waals surface area contributed by atoms with E-state index in [1.165, 1.54) is 7.11 Å². The van der Waals surface area contributed by atoms with E-state index >= 15 is 0 Å². The lowest BCUT2D eigenvalue weighted by Crippen LogP contribution is -2.55. The first kappa shape index (κ1) is 33.8. The quantitative estimate of drug-likeness (QED) is 0.262. The molecule has 4 N–H and O–H groups in total. The minimum absolute atomic E-state index is 0.0362. The second kappa shape index (κ2) is 16.0. The smallest absolute Gasteiger partial charge is 0.242 e. The summed E-state index contributed by atoms with van der Waals surface area (Å²) in [5, 5.41) is 5.71. The van der Waals surface area contributed by atoms with Crippen molar-refractivity contribution in [2.24, 2.45) is 23.5 Å². The number of carbonyl (C=O) groups is 4. The molecular formula is C27H51N5O6. The zero-order chi connectivity index (χ0) is 29.2. The molecule has 0 aromatic carbocycles. The first-order valence-corrected chi connectivity index (χ1v) is 13.7. The molecule has 0 bridgehead atoms. The molecular weight excluding hydrogens is 490 g/mol. The molecule has 11 nitrogen and oxygen atoms in total. The van der Waals surface area contributed by atoms with Crippen molar-refractivity contribution in [3.8, 4) is 0 Å². The predicted octanol–water partition coefficient (Wildman–Crippen LogP) is 0.752. The summed E-state index contributed by atoms with van der Waals surface area (Å²) in [5.74, 6) is -1.51. The Labute approximate surface area is 228 Å². The number of carbonyl (C=O) groups excluding carboxylic acids is 4. The van der Waals surface area contributed by atoms with Gasteiger partial charge in [-0.3, -0.25) is 19.2 Å². The van der Waals surface area contributed by atoms with Gasteiger partial charge in [0.05, 0.1) is 49.2 Å². The summed E-state index contributed by atoms with van der Waals surface area (Å²) in [5.41, 5.74) is 5.53. The van der Waals surface area contributed by atoms with Crippen molar-refractivity contribution in [2.75, 3.05) is 41.4 Å². The van der Waals surface area contributed by atoms with Crippen LogP contribution < -0.4 is 16.4 Å². The third-order valence-electron chi connectivity index (χ3n) is 8.01. The average Bonchev–Trinajstić information content (AvgIpc) is 3.36. The number of nitrogens with one attached hydrogen (secondary N) is 2. The molecule has 0 aromatic heterocycles. The maximum Gasteiger partial charge on any atom is 0.242 e. The lowest BCUT2D eigenvalue weighted by atomic mass is 9.90. The summed E-state index contributed by atoms with van der Waals surface area (Å²) in [6.07, 6.45) is 1.31. The third kappa shape index (κ3) is 8.64. The van der Waals surface area contributed by atoms with E-state index in [4.69, 9.17) is 15.2 Å². The number of methoxy groups -OCH3 is 2. The summed E-state index contributed by atoms with van der Waals surface area (Å²) in [6.45, 7) is 10.0. The molecule has 4 amide bonds. The highest BCUT2D eigenvalue weighted by Gasteiger charge is 2.41. The van der Waals surface area contributed by atoms with Crippen LogP contribution in [-0.4, -0.2) is 105 Å². The molecule has 7 atom stereocenters. The zero-order valence-corrected chi connectivity index (χ0v) is 24.8. The molecule has 5 unspecified atom stereocenters. The maximum atomic E-state index is 13.5. The summed E-state index contributed by atoms with van der Waals surface area (Å²) >= 11 is 0. The molecule has 11 heteroatoms. The van der Waals surface area contributed by atoms with E-state index < -0.39 is 30.1 Å². The van der Waals surface area contributed by atoms with Gasteiger partial charge in [-0.2, -0.15) is 0 Å². The molecule has 1 rings (SSSR count). The van der Waals surface area contributed by atoms with Crippen LogP contribution in [0.1, 0.15) is 60.3 Å². The lowest BCUT2D eigenvalue weighted by Gasteiger charge is -2.39. The molecule has 1 heterocycles. The molecule has 1 saturated heterocycles. The summed E-state index contributed by atoms with van der Waals surface area (Å²) < 4.78 is 11.4. The van der Waals surface area contributed by atoms with Crippen LogP contribution in [-0.2, 0) is 28.7 Å². The van der Waals surface area contributed by atoms with Crippen molar-refractivity contribution < 1.29 is 28.7 Å². The van der Waals surface area contributed by atoms with Crippen LogP contribution in [0.25, 0.3) is 0 Å². The number of amides is 4. The van der Waals surface area contributed by atoms with Crippen LogP contribution in [0.5, 0.6) is 0 Å². The van der Waals surface area contributed by atoms with Crippen molar-refractivity contribution in [1.82, 2.24) is 20.4 Å². The van der Waals surface area contributed by atoms with Crippen LogP contribution in [0.2, 0.25) is 0 Å². The van der Waals surface area contributed by atoms with Crippen LogP contribution in [0.3, 0.4) is 0 Å². The van der Waals surface area contributed by atoms with Gasteiger partial charge in [-0.15, -0.1) is 0 Å². The standard InChI is InChI=1S/C27H51N5O6/c1-10-17(4)24(31(7)22(34)15-30-27(36)23(29-6)16(2)3)20(37-8)14-21(33)32-13-11-12-19(32)25(38-9)18(5)26(28)35/h16-20,23-25,29H,10-15H2,1-9H3,(H2,28,35)(H,30,36)/t17?,18-,19+,20?,23?,24?,25?/m1/s1. The van der Waals surface area contributed by atoms with Crippen molar-refractivity contribution in [2.45, 2.75) is 90.6 Å². The van der Waals surface area contributed by atoms with E-state index in [2.05, 4.69) is 10.6 Å². The van der Waals surface area contributed by atoms with Gasteiger partial charge in [-0.05, 0) is 31.7 Å². The average molecular weight is 542 g/mol. The van der Waals surface area contributed by atoms with Gasteiger partial charge in [0.25, 0.3) is 0 Å². The fourth-order valence-electron chi connectivity index (χ4n) is 5.50. The first-order chi connectivity index (χ1) is 17.9. The maximum absolute atomic E-state index is 13.5. The van der Waals surface area contributed by atoms with Gasteiger partial charge in [0, 0.05) is 27.8 Å². The molecule has 220 valence electrons.